The second kappa shape index (κ2) is 9.07. The van der Waals surface area contributed by atoms with E-state index in [9.17, 15) is 4.79 Å². The van der Waals surface area contributed by atoms with Crippen molar-refractivity contribution in [2.45, 2.75) is 6.92 Å². The van der Waals surface area contributed by atoms with Gasteiger partial charge in [-0.15, -0.1) is 0 Å². The molecule has 4 rings (SSSR count). The fourth-order valence-electron chi connectivity index (χ4n) is 3.05. The first kappa shape index (κ1) is 20.7. The van der Waals surface area contributed by atoms with Crippen molar-refractivity contribution in [3.63, 3.8) is 0 Å². The van der Waals surface area contributed by atoms with Crippen molar-refractivity contribution in [3.8, 4) is 11.3 Å². The number of anilines is 1. The number of pyridine rings is 2. The minimum Gasteiger partial charge on any atom is -0.331 e. The van der Waals surface area contributed by atoms with Crippen LogP contribution in [0, 0.1) is 6.92 Å². The van der Waals surface area contributed by atoms with Crippen LogP contribution >= 0.6 is 23.8 Å². The van der Waals surface area contributed by atoms with E-state index in [1.165, 1.54) is 0 Å². The van der Waals surface area contributed by atoms with Gasteiger partial charge in [0.2, 0.25) is 0 Å². The number of rotatable bonds is 3. The van der Waals surface area contributed by atoms with Crippen LogP contribution in [0.3, 0.4) is 0 Å². The van der Waals surface area contributed by atoms with Gasteiger partial charge >= 0.3 is 0 Å². The number of para-hydroxylation sites is 1. The van der Waals surface area contributed by atoms with E-state index in [0.717, 1.165) is 27.7 Å². The number of hydrogen-bond donors (Lipinski definition) is 3. The van der Waals surface area contributed by atoms with Crippen molar-refractivity contribution in [1.82, 2.24) is 20.8 Å². The molecule has 4 aromatic rings. The second-order valence-electron chi connectivity index (χ2n) is 6.81. The van der Waals surface area contributed by atoms with Gasteiger partial charge in [-0.05, 0) is 61.1 Å². The zero-order valence-corrected chi connectivity index (χ0v) is 18.1. The summed E-state index contributed by atoms with van der Waals surface area (Å²) in [6.45, 7) is 1.92. The van der Waals surface area contributed by atoms with E-state index >= 15 is 0 Å². The van der Waals surface area contributed by atoms with Gasteiger partial charge in [0.1, 0.15) is 0 Å². The summed E-state index contributed by atoms with van der Waals surface area (Å²) in [4.78, 5) is 21.7. The summed E-state index contributed by atoms with van der Waals surface area (Å²) in [5, 5.41) is 4.60. The van der Waals surface area contributed by atoms with E-state index in [4.69, 9.17) is 23.8 Å². The normalized spacial score (nSPS) is 10.5. The Hall–Kier alpha value is -3.55. The highest BCUT2D eigenvalue weighted by molar-refractivity contribution is 7.80. The number of benzene rings is 2. The zero-order valence-electron chi connectivity index (χ0n) is 16.5. The molecule has 0 aliphatic carbocycles. The van der Waals surface area contributed by atoms with Gasteiger partial charge in [-0.25, -0.2) is 4.98 Å². The summed E-state index contributed by atoms with van der Waals surface area (Å²) in [6.07, 6.45) is 3.38. The number of amides is 1. The monoisotopic (exact) mass is 447 g/mol. The summed E-state index contributed by atoms with van der Waals surface area (Å²) >= 11 is 11.4. The first-order valence-electron chi connectivity index (χ1n) is 9.45. The van der Waals surface area contributed by atoms with Crippen molar-refractivity contribution >= 4 is 51.4 Å². The number of carbonyl (C=O) groups is 1. The number of aryl methyl sites for hydroxylation is 1. The second-order valence-corrected chi connectivity index (χ2v) is 7.62. The highest BCUT2D eigenvalue weighted by Crippen LogP contribution is 2.24. The fourth-order valence-corrected chi connectivity index (χ4v) is 3.40. The predicted octanol–water partition coefficient (Wildman–Crippen LogP) is 4.89. The minimum absolute atomic E-state index is 0.237. The molecule has 0 unspecified atom stereocenters. The van der Waals surface area contributed by atoms with Crippen LogP contribution in [0.5, 0.6) is 0 Å². The van der Waals surface area contributed by atoms with Crippen LogP contribution in [0.2, 0.25) is 5.02 Å². The van der Waals surface area contributed by atoms with Crippen LogP contribution in [0.25, 0.3) is 22.2 Å². The Balaban J connectivity index is 1.54. The van der Waals surface area contributed by atoms with E-state index in [1.807, 2.05) is 55.5 Å². The maximum atomic E-state index is 13.0. The van der Waals surface area contributed by atoms with Gasteiger partial charge in [-0.1, -0.05) is 35.9 Å². The number of nitrogens with zero attached hydrogens (tertiary/aromatic N) is 2. The average Bonchev–Trinajstić information content (AvgIpc) is 2.79. The maximum absolute atomic E-state index is 13.0. The number of hydrazine groups is 1. The molecule has 0 spiro atoms. The lowest BCUT2D eigenvalue weighted by Crippen LogP contribution is -2.43. The molecule has 2 aromatic carbocycles. The molecule has 0 atom stereocenters. The van der Waals surface area contributed by atoms with E-state index < -0.39 is 0 Å². The highest BCUT2D eigenvalue weighted by atomic mass is 35.5. The lowest BCUT2D eigenvalue weighted by Gasteiger charge is -2.14. The van der Waals surface area contributed by atoms with Gasteiger partial charge in [-0.3, -0.25) is 20.6 Å². The van der Waals surface area contributed by atoms with E-state index in [2.05, 4.69) is 26.1 Å². The smallest absolute Gasteiger partial charge is 0.270 e. The summed E-state index contributed by atoms with van der Waals surface area (Å²) in [5.41, 5.74) is 9.82. The van der Waals surface area contributed by atoms with E-state index in [0.29, 0.717) is 16.3 Å². The molecule has 0 fully saturated rings. The molecule has 1 amide bonds. The summed E-state index contributed by atoms with van der Waals surface area (Å²) in [5.74, 6) is -0.333. The maximum Gasteiger partial charge on any atom is 0.270 e. The van der Waals surface area contributed by atoms with Gasteiger partial charge in [0.05, 0.1) is 16.8 Å². The lowest BCUT2D eigenvalue weighted by atomic mass is 10.0. The fraction of sp³-hybridized carbons (Fsp3) is 0.0435. The molecule has 0 saturated carbocycles. The van der Waals surface area contributed by atoms with Crippen molar-refractivity contribution in [3.05, 3.63) is 89.2 Å². The Kier molecular flexibility index (Phi) is 6.06. The lowest BCUT2D eigenvalue weighted by molar-refractivity contribution is 0.0946. The predicted molar refractivity (Wildman–Crippen MR) is 128 cm³/mol. The van der Waals surface area contributed by atoms with Gasteiger partial charge < -0.3 is 5.32 Å². The molecule has 0 aliphatic heterocycles. The van der Waals surface area contributed by atoms with Crippen LogP contribution < -0.4 is 16.2 Å². The Bertz CT molecular complexity index is 1280. The van der Waals surface area contributed by atoms with Crippen molar-refractivity contribution in [1.29, 1.82) is 0 Å². The van der Waals surface area contributed by atoms with Crippen LogP contribution in [0.4, 0.5) is 5.69 Å². The Morgan fingerprint density at radius 2 is 1.77 bits per heavy atom. The number of carbonyl (C=O) groups excluding carboxylic acids is 1. The minimum atomic E-state index is -0.333. The van der Waals surface area contributed by atoms with Gasteiger partial charge in [0.25, 0.3) is 5.91 Å². The number of hydrogen-bond acceptors (Lipinski definition) is 4. The quantitative estimate of drug-likeness (QED) is 0.306. The molecule has 0 bridgehead atoms. The standard InChI is InChI=1S/C23H18ClN5OS/c1-14-6-7-16(12-19(14)24)26-23(31)29-28-22(30)18-13-21(15-8-10-25-11-9-15)27-20-5-3-2-4-17(18)20/h2-13H,1H3,(H,28,30)(H2,26,29,31). The van der Waals surface area contributed by atoms with Gasteiger partial charge in [0.15, 0.2) is 5.11 Å². The molecule has 2 aromatic heterocycles. The molecule has 2 heterocycles. The molecule has 6 nitrogen and oxygen atoms in total. The van der Waals surface area contributed by atoms with Gasteiger partial charge in [0, 0.05) is 34.1 Å². The first-order valence-corrected chi connectivity index (χ1v) is 10.2. The summed E-state index contributed by atoms with van der Waals surface area (Å²) in [7, 11) is 0. The molecule has 154 valence electrons. The number of aromatic nitrogens is 2. The third-order valence-corrected chi connectivity index (χ3v) is 5.27. The highest BCUT2D eigenvalue weighted by Gasteiger charge is 2.14. The summed E-state index contributed by atoms with van der Waals surface area (Å²) < 4.78 is 0. The van der Waals surface area contributed by atoms with E-state index in [-0.39, 0.29) is 11.0 Å². The molecule has 0 radical (unpaired) electrons. The Labute approximate surface area is 189 Å². The molecule has 3 N–H and O–H groups in total. The molecule has 0 aliphatic rings. The van der Waals surface area contributed by atoms with Crippen LogP contribution in [-0.4, -0.2) is 21.0 Å². The largest absolute Gasteiger partial charge is 0.331 e. The number of thiocarbonyl (C=S) groups is 1. The molecular formula is C23H18ClN5OS. The topological polar surface area (TPSA) is 78.9 Å². The molecule has 8 heteroatoms. The first-order chi connectivity index (χ1) is 15.0. The van der Waals surface area contributed by atoms with Gasteiger partial charge in [-0.2, -0.15) is 0 Å². The van der Waals surface area contributed by atoms with Crippen LogP contribution in [0.15, 0.2) is 73.1 Å². The Morgan fingerprint density at radius 1 is 1.00 bits per heavy atom. The van der Waals surface area contributed by atoms with E-state index in [1.54, 1.807) is 24.5 Å². The number of halogens is 1. The summed E-state index contributed by atoms with van der Waals surface area (Å²) in [6, 6.07) is 18.4. The van der Waals surface area contributed by atoms with Crippen LogP contribution in [-0.2, 0) is 0 Å². The van der Waals surface area contributed by atoms with Crippen molar-refractivity contribution in [2.24, 2.45) is 0 Å². The third-order valence-electron chi connectivity index (χ3n) is 4.66. The molecule has 0 saturated heterocycles. The Morgan fingerprint density at radius 3 is 2.55 bits per heavy atom. The number of fused-ring (bicyclic) bond motifs is 1. The zero-order chi connectivity index (χ0) is 21.8. The SMILES string of the molecule is Cc1ccc(NC(=S)NNC(=O)c2cc(-c3ccncc3)nc3ccccc23)cc1Cl. The average molecular weight is 448 g/mol. The molecular weight excluding hydrogens is 430 g/mol. The van der Waals surface area contributed by atoms with Crippen molar-refractivity contribution in [2.75, 3.05) is 5.32 Å². The number of nitrogens with one attached hydrogen (secondary N) is 3. The third kappa shape index (κ3) is 4.79. The van der Waals surface area contributed by atoms with Crippen molar-refractivity contribution < 1.29 is 4.79 Å². The van der Waals surface area contributed by atoms with Crippen LogP contribution in [0.1, 0.15) is 15.9 Å². The molecule has 31 heavy (non-hydrogen) atoms.